The molecule has 0 aliphatic heterocycles. The van der Waals surface area contributed by atoms with E-state index < -0.39 is 35.9 Å². The van der Waals surface area contributed by atoms with Crippen molar-refractivity contribution in [2.24, 2.45) is 5.92 Å². The molecule has 0 aliphatic carbocycles. The van der Waals surface area contributed by atoms with E-state index in [9.17, 15) is 14.4 Å². The summed E-state index contributed by atoms with van der Waals surface area (Å²) in [5.41, 5.74) is -1.28. The number of rotatable bonds is 5. The van der Waals surface area contributed by atoms with Crippen molar-refractivity contribution in [3.63, 3.8) is 0 Å². The van der Waals surface area contributed by atoms with Gasteiger partial charge in [0.25, 0.3) is 0 Å². The average molecular weight is 208 g/mol. The van der Waals surface area contributed by atoms with Gasteiger partial charge in [-0.25, -0.2) is 0 Å². The van der Waals surface area contributed by atoms with E-state index in [0.29, 0.717) is 0 Å². The van der Waals surface area contributed by atoms with E-state index in [2.05, 4.69) is 0 Å². The quantitative estimate of drug-likeness (QED) is 0.524. The van der Waals surface area contributed by atoms with Crippen molar-refractivity contribution in [1.82, 2.24) is 0 Å². The molecule has 0 saturated carbocycles. The molecule has 74 valence electrons. The summed E-state index contributed by atoms with van der Waals surface area (Å²) >= 11 is 0. The minimum absolute atomic E-state index is 0.699. The zero-order chi connectivity index (χ0) is 10.6. The molecule has 0 aromatic carbocycles. The van der Waals surface area contributed by atoms with Crippen LogP contribution in [0.1, 0.15) is 6.42 Å². The highest BCUT2D eigenvalue weighted by molar-refractivity contribution is 7.19. The van der Waals surface area contributed by atoms with Crippen molar-refractivity contribution in [2.45, 2.75) is 12.1 Å². The van der Waals surface area contributed by atoms with E-state index in [4.69, 9.17) is 15.3 Å². The summed E-state index contributed by atoms with van der Waals surface area (Å²) in [4.78, 5) is 31.0. The number of hydrogen-bond acceptors (Lipinski definition) is 3. The largest absolute Gasteiger partial charge is 0.481 e. The third-order valence-electron chi connectivity index (χ3n) is 1.43. The Labute approximate surface area is 75.8 Å². The molecule has 0 fully saturated rings. The molecule has 0 aliphatic rings. The molecule has 0 rings (SSSR count). The molecule has 3 unspecified atom stereocenters. The third-order valence-corrected chi connectivity index (χ3v) is 2.18. The lowest BCUT2D eigenvalue weighted by molar-refractivity contribution is -0.151. The lowest BCUT2D eigenvalue weighted by atomic mass is 10.0. The number of carbonyl (C=O) groups is 3. The Morgan fingerprint density at radius 2 is 1.54 bits per heavy atom. The molecule has 3 atom stereocenters. The molecule has 0 amide bonds. The van der Waals surface area contributed by atoms with E-state index >= 15 is 0 Å². The predicted octanol–water partition coefficient (Wildman–Crippen LogP) is -0.510. The van der Waals surface area contributed by atoms with E-state index in [1.165, 1.54) is 0 Å². The molecule has 6 nitrogen and oxygen atoms in total. The highest BCUT2D eigenvalue weighted by Crippen LogP contribution is 2.17. The summed E-state index contributed by atoms with van der Waals surface area (Å²) in [6, 6.07) is 0. The molecular formula is C6H9O6P. The minimum Gasteiger partial charge on any atom is -0.481 e. The van der Waals surface area contributed by atoms with Gasteiger partial charge in [-0.05, 0) is 0 Å². The maximum Gasteiger partial charge on any atom is 0.311 e. The molecular weight excluding hydrogens is 199 g/mol. The van der Waals surface area contributed by atoms with Crippen LogP contribution in [0.25, 0.3) is 0 Å². The maximum absolute atomic E-state index is 10.4. The molecule has 3 N–H and O–H groups in total. The normalized spacial score (nSPS) is 14.5. The monoisotopic (exact) mass is 208 g/mol. The van der Waals surface area contributed by atoms with Gasteiger partial charge in [0.05, 0.1) is 18.0 Å². The second-order valence-corrected chi connectivity index (χ2v) is 3.12. The molecule has 0 aromatic rings. The summed E-state index contributed by atoms with van der Waals surface area (Å²) in [5, 5.41) is 25.2. The lowest BCUT2D eigenvalue weighted by Gasteiger charge is -2.13. The molecule has 0 heterocycles. The fraction of sp³-hybridized carbons (Fsp3) is 0.500. The Balaban J connectivity index is 4.51. The Morgan fingerprint density at radius 1 is 1.08 bits per heavy atom. The van der Waals surface area contributed by atoms with Crippen LogP contribution in [0.15, 0.2) is 0 Å². The first-order valence-electron chi connectivity index (χ1n) is 3.29. The van der Waals surface area contributed by atoms with E-state index in [0.717, 1.165) is 0 Å². The van der Waals surface area contributed by atoms with Crippen LogP contribution in [-0.2, 0) is 14.4 Å². The molecule has 0 bridgehead atoms. The van der Waals surface area contributed by atoms with Gasteiger partial charge in [0.2, 0.25) is 0 Å². The smallest absolute Gasteiger partial charge is 0.311 e. The van der Waals surface area contributed by atoms with Crippen molar-refractivity contribution in [2.75, 3.05) is 0 Å². The topological polar surface area (TPSA) is 112 Å². The van der Waals surface area contributed by atoms with Crippen molar-refractivity contribution in [1.29, 1.82) is 0 Å². The van der Waals surface area contributed by atoms with Gasteiger partial charge in [-0.3, -0.25) is 14.4 Å². The van der Waals surface area contributed by atoms with Gasteiger partial charge in [-0.15, -0.1) is 9.24 Å². The first-order valence-corrected chi connectivity index (χ1v) is 3.96. The Hall–Kier alpha value is -1.16. The number of carboxylic acid groups (broad SMARTS) is 3. The molecule has 0 saturated heterocycles. The third kappa shape index (κ3) is 3.85. The van der Waals surface area contributed by atoms with Crippen LogP contribution in [0.4, 0.5) is 0 Å². The van der Waals surface area contributed by atoms with Crippen molar-refractivity contribution in [3.8, 4) is 0 Å². The summed E-state index contributed by atoms with van der Waals surface area (Å²) in [5.74, 6) is -5.52. The molecule has 0 spiro atoms. The average Bonchev–Trinajstić information content (AvgIpc) is 1.97. The van der Waals surface area contributed by atoms with Gasteiger partial charge in [0.1, 0.15) is 0 Å². The number of hydrogen-bond donors (Lipinski definition) is 3. The van der Waals surface area contributed by atoms with Crippen molar-refractivity contribution >= 4 is 27.1 Å². The summed E-state index contributed by atoms with van der Waals surface area (Å²) in [7, 11) is 1.80. The molecule has 0 radical (unpaired) electrons. The Bertz CT molecular complexity index is 237. The first-order chi connectivity index (χ1) is 5.86. The van der Waals surface area contributed by atoms with Crippen LogP contribution in [-0.4, -0.2) is 38.9 Å². The zero-order valence-corrected chi connectivity index (χ0v) is 7.66. The maximum atomic E-state index is 10.4. The second-order valence-electron chi connectivity index (χ2n) is 2.41. The fourth-order valence-electron chi connectivity index (χ4n) is 0.728. The lowest BCUT2D eigenvalue weighted by Crippen LogP contribution is -2.31. The first kappa shape index (κ1) is 11.8. The fourth-order valence-corrected chi connectivity index (χ4v) is 1.03. The van der Waals surface area contributed by atoms with Gasteiger partial charge < -0.3 is 15.3 Å². The summed E-state index contributed by atoms with van der Waals surface area (Å²) in [6.07, 6.45) is -0.699. The molecule has 0 aromatic heterocycles. The Morgan fingerprint density at radius 3 is 1.77 bits per heavy atom. The highest BCUT2D eigenvalue weighted by atomic mass is 31.0. The SMILES string of the molecule is O=C(O)CC(C(=O)O)C(P)C(=O)O. The Kier molecular flexibility index (Phi) is 4.34. The summed E-state index contributed by atoms with van der Waals surface area (Å²) in [6.45, 7) is 0. The molecule has 13 heavy (non-hydrogen) atoms. The summed E-state index contributed by atoms with van der Waals surface area (Å²) < 4.78 is 0. The zero-order valence-electron chi connectivity index (χ0n) is 6.51. The van der Waals surface area contributed by atoms with E-state index in [1.807, 2.05) is 0 Å². The minimum atomic E-state index is -1.43. The number of carboxylic acids is 3. The number of aliphatic carboxylic acids is 3. The van der Waals surface area contributed by atoms with Crippen LogP contribution in [0.2, 0.25) is 0 Å². The standard InChI is InChI=1S/C6H9O6P/c7-3(8)1-2(5(9)10)4(13)6(11)12/h2,4H,1,13H2,(H,7,8)(H,9,10)(H,11,12). The van der Waals surface area contributed by atoms with Gasteiger partial charge in [-0.2, -0.15) is 0 Å². The van der Waals surface area contributed by atoms with Crippen LogP contribution in [0.5, 0.6) is 0 Å². The van der Waals surface area contributed by atoms with Crippen LogP contribution in [0.3, 0.4) is 0 Å². The highest BCUT2D eigenvalue weighted by Gasteiger charge is 2.31. The van der Waals surface area contributed by atoms with E-state index in [-0.39, 0.29) is 0 Å². The van der Waals surface area contributed by atoms with Crippen LogP contribution >= 0.6 is 9.24 Å². The van der Waals surface area contributed by atoms with Crippen LogP contribution < -0.4 is 0 Å². The predicted molar refractivity (Wildman–Crippen MR) is 44.5 cm³/mol. The van der Waals surface area contributed by atoms with Gasteiger partial charge in [0, 0.05) is 0 Å². The molecule has 7 heteroatoms. The second kappa shape index (κ2) is 4.77. The van der Waals surface area contributed by atoms with Crippen LogP contribution in [0, 0.1) is 5.92 Å². The van der Waals surface area contributed by atoms with Crippen molar-refractivity contribution < 1.29 is 29.7 Å². The van der Waals surface area contributed by atoms with Gasteiger partial charge in [-0.1, -0.05) is 0 Å². The van der Waals surface area contributed by atoms with E-state index in [1.54, 1.807) is 9.24 Å². The van der Waals surface area contributed by atoms with Gasteiger partial charge >= 0.3 is 17.9 Å². The van der Waals surface area contributed by atoms with Gasteiger partial charge in [0.15, 0.2) is 0 Å². The van der Waals surface area contributed by atoms with Crippen molar-refractivity contribution in [3.05, 3.63) is 0 Å².